The maximum absolute atomic E-state index is 12.7. The third kappa shape index (κ3) is 3.70. The third-order valence-corrected chi connectivity index (χ3v) is 6.64. The lowest BCUT2D eigenvalue weighted by molar-refractivity contribution is -0.131. The van der Waals surface area contributed by atoms with Crippen molar-refractivity contribution in [3.05, 3.63) is 51.2 Å². The average Bonchev–Trinajstić information content (AvgIpc) is 3.36. The van der Waals surface area contributed by atoms with Crippen molar-refractivity contribution in [3.63, 3.8) is 0 Å². The summed E-state index contributed by atoms with van der Waals surface area (Å²) in [6, 6.07) is 7.85. The molecule has 1 amide bonds. The van der Waals surface area contributed by atoms with Crippen LogP contribution in [0.1, 0.15) is 16.1 Å². The van der Waals surface area contributed by atoms with E-state index in [2.05, 4.69) is 16.4 Å². The monoisotopic (exact) mass is 400 g/mol. The zero-order valence-electron chi connectivity index (χ0n) is 15.2. The second kappa shape index (κ2) is 7.70. The molecule has 0 saturated heterocycles. The molecular formula is C20H20N2O3S2. The van der Waals surface area contributed by atoms with Crippen LogP contribution in [0.3, 0.4) is 0 Å². The lowest BCUT2D eigenvalue weighted by Gasteiger charge is -2.26. The van der Waals surface area contributed by atoms with Crippen LogP contribution < -0.4 is 9.47 Å². The van der Waals surface area contributed by atoms with Gasteiger partial charge in [0.15, 0.2) is 11.5 Å². The molecule has 0 radical (unpaired) electrons. The van der Waals surface area contributed by atoms with Crippen molar-refractivity contribution in [2.75, 3.05) is 20.8 Å². The number of thiophene rings is 1. The number of nitrogens with zero attached hydrogens (tertiary/aromatic N) is 2. The van der Waals surface area contributed by atoms with Crippen molar-refractivity contribution in [3.8, 4) is 22.1 Å². The van der Waals surface area contributed by atoms with Gasteiger partial charge in [0.05, 0.1) is 26.3 Å². The highest BCUT2D eigenvalue weighted by atomic mass is 32.1. The summed E-state index contributed by atoms with van der Waals surface area (Å²) in [5.41, 5.74) is 3.05. The molecule has 0 spiro atoms. The first-order valence-electron chi connectivity index (χ1n) is 8.67. The Labute approximate surface area is 166 Å². The predicted octanol–water partition coefficient (Wildman–Crippen LogP) is 4.02. The van der Waals surface area contributed by atoms with Crippen LogP contribution in [0.4, 0.5) is 0 Å². The number of rotatable bonds is 5. The van der Waals surface area contributed by atoms with Gasteiger partial charge in [0, 0.05) is 28.9 Å². The Morgan fingerprint density at radius 2 is 2.04 bits per heavy atom. The lowest BCUT2D eigenvalue weighted by atomic mass is 10.1. The van der Waals surface area contributed by atoms with E-state index in [1.54, 1.807) is 25.6 Å². The van der Waals surface area contributed by atoms with Crippen LogP contribution in [0.15, 0.2) is 35.0 Å². The van der Waals surface area contributed by atoms with Gasteiger partial charge >= 0.3 is 0 Å². The fourth-order valence-electron chi connectivity index (χ4n) is 3.22. The first-order valence-corrected chi connectivity index (χ1v) is 10.4. The van der Waals surface area contributed by atoms with Crippen LogP contribution in [0.25, 0.3) is 10.6 Å². The highest BCUT2D eigenvalue weighted by Crippen LogP contribution is 2.33. The molecule has 0 atom stereocenters. The van der Waals surface area contributed by atoms with Crippen LogP contribution in [-0.2, 0) is 24.2 Å². The topological polar surface area (TPSA) is 51.7 Å². The van der Waals surface area contributed by atoms with Gasteiger partial charge in [0.2, 0.25) is 5.91 Å². The molecule has 0 unspecified atom stereocenters. The Hall–Kier alpha value is -2.38. The fourth-order valence-corrected chi connectivity index (χ4v) is 4.92. The number of benzene rings is 1. The van der Waals surface area contributed by atoms with Crippen LogP contribution in [0.5, 0.6) is 11.5 Å². The summed E-state index contributed by atoms with van der Waals surface area (Å²) in [5, 5.41) is 4.94. The van der Waals surface area contributed by atoms with E-state index in [4.69, 9.17) is 9.47 Å². The smallest absolute Gasteiger partial charge is 0.228 e. The molecule has 27 heavy (non-hydrogen) atoms. The fraction of sp³-hybridized carbons (Fsp3) is 0.300. The number of ether oxygens (including phenoxy) is 2. The summed E-state index contributed by atoms with van der Waals surface area (Å²) in [6.07, 6.45) is 1.29. The van der Waals surface area contributed by atoms with Gasteiger partial charge in [0.25, 0.3) is 0 Å². The Morgan fingerprint density at radius 3 is 2.85 bits per heavy atom. The third-order valence-electron chi connectivity index (χ3n) is 4.67. The van der Waals surface area contributed by atoms with Gasteiger partial charge in [0.1, 0.15) is 5.01 Å². The summed E-state index contributed by atoms with van der Waals surface area (Å²) < 4.78 is 10.6. The summed E-state index contributed by atoms with van der Waals surface area (Å²) >= 11 is 3.32. The van der Waals surface area contributed by atoms with Crippen molar-refractivity contribution in [2.45, 2.75) is 19.4 Å². The number of carbonyl (C=O) groups is 1. The summed E-state index contributed by atoms with van der Waals surface area (Å²) in [4.78, 5) is 20.7. The number of hydrogen-bond acceptors (Lipinski definition) is 6. The molecule has 1 aliphatic rings. The Morgan fingerprint density at radius 1 is 1.19 bits per heavy atom. The van der Waals surface area contributed by atoms with Gasteiger partial charge in [-0.25, -0.2) is 4.98 Å². The average molecular weight is 401 g/mol. The maximum atomic E-state index is 12.7. The van der Waals surface area contributed by atoms with Gasteiger partial charge in [-0.3, -0.25) is 4.79 Å². The van der Waals surface area contributed by atoms with Gasteiger partial charge in [-0.15, -0.1) is 22.7 Å². The molecular weight excluding hydrogens is 380 g/mol. The molecule has 0 N–H and O–H groups in total. The number of amides is 1. The van der Waals surface area contributed by atoms with Crippen molar-refractivity contribution in [1.29, 1.82) is 0 Å². The molecule has 7 heteroatoms. The molecule has 5 nitrogen and oxygen atoms in total. The molecule has 0 bridgehead atoms. The minimum atomic E-state index is 0.135. The first kappa shape index (κ1) is 18.0. The molecule has 1 aromatic carbocycles. The second-order valence-electron chi connectivity index (χ2n) is 6.32. The normalized spacial score (nSPS) is 13.3. The number of fused-ring (bicyclic) bond motifs is 1. The predicted molar refractivity (Wildman–Crippen MR) is 108 cm³/mol. The number of methoxy groups -OCH3 is 2. The van der Waals surface area contributed by atoms with Crippen molar-refractivity contribution in [1.82, 2.24) is 9.88 Å². The van der Waals surface area contributed by atoms with Gasteiger partial charge in [-0.05, 0) is 41.6 Å². The molecule has 2 aromatic heterocycles. The van der Waals surface area contributed by atoms with E-state index in [1.165, 1.54) is 21.8 Å². The minimum Gasteiger partial charge on any atom is -0.493 e. The molecule has 0 saturated carbocycles. The molecule has 3 heterocycles. The number of aromatic nitrogens is 1. The van der Waals surface area contributed by atoms with E-state index in [1.807, 2.05) is 28.5 Å². The molecule has 0 aliphatic carbocycles. The summed E-state index contributed by atoms with van der Waals surface area (Å²) in [5.74, 6) is 1.49. The highest BCUT2D eigenvalue weighted by molar-refractivity contribution is 7.13. The van der Waals surface area contributed by atoms with Crippen LogP contribution >= 0.6 is 22.7 Å². The molecule has 1 aliphatic heterocycles. The van der Waals surface area contributed by atoms with E-state index >= 15 is 0 Å². The van der Waals surface area contributed by atoms with Gasteiger partial charge in [-0.2, -0.15) is 0 Å². The zero-order chi connectivity index (χ0) is 18.8. The van der Waals surface area contributed by atoms with Crippen LogP contribution in [0, 0.1) is 0 Å². The largest absolute Gasteiger partial charge is 0.493 e. The lowest BCUT2D eigenvalue weighted by Crippen LogP contribution is -2.36. The SMILES string of the molecule is COc1ccc(-c2nc(CC(=O)N3CCc4sccc4C3)cs2)cc1OC. The summed E-state index contributed by atoms with van der Waals surface area (Å²) in [7, 11) is 3.23. The molecule has 3 aromatic rings. The zero-order valence-corrected chi connectivity index (χ0v) is 16.9. The highest BCUT2D eigenvalue weighted by Gasteiger charge is 2.22. The van der Waals surface area contributed by atoms with E-state index in [0.717, 1.165) is 29.2 Å². The summed E-state index contributed by atoms with van der Waals surface area (Å²) in [6.45, 7) is 1.50. The number of hydrogen-bond donors (Lipinski definition) is 0. The van der Waals surface area contributed by atoms with E-state index in [0.29, 0.717) is 24.5 Å². The van der Waals surface area contributed by atoms with E-state index in [9.17, 15) is 4.79 Å². The van der Waals surface area contributed by atoms with Crippen molar-refractivity contribution < 1.29 is 14.3 Å². The molecule has 4 rings (SSSR count). The van der Waals surface area contributed by atoms with Gasteiger partial charge < -0.3 is 14.4 Å². The minimum absolute atomic E-state index is 0.135. The van der Waals surface area contributed by atoms with Crippen LogP contribution in [-0.4, -0.2) is 36.6 Å². The second-order valence-corrected chi connectivity index (χ2v) is 8.18. The van der Waals surface area contributed by atoms with Crippen LogP contribution in [0.2, 0.25) is 0 Å². The van der Waals surface area contributed by atoms with Gasteiger partial charge in [-0.1, -0.05) is 0 Å². The maximum Gasteiger partial charge on any atom is 0.228 e. The quantitative estimate of drug-likeness (QED) is 0.649. The Balaban J connectivity index is 1.46. The Kier molecular flexibility index (Phi) is 5.13. The van der Waals surface area contributed by atoms with E-state index < -0.39 is 0 Å². The Bertz CT molecular complexity index is 964. The molecule has 140 valence electrons. The standard InChI is InChI=1S/C20H20N2O3S2/c1-24-16-4-3-13(9-17(16)25-2)20-21-15(12-27-20)10-19(23)22-7-5-18-14(11-22)6-8-26-18/h3-4,6,8-9,12H,5,7,10-11H2,1-2H3. The van der Waals surface area contributed by atoms with Crippen molar-refractivity contribution in [2.24, 2.45) is 0 Å². The first-order chi connectivity index (χ1) is 13.2. The van der Waals surface area contributed by atoms with E-state index in [-0.39, 0.29) is 5.91 Å². The molecule has 0 fully saturated rings. The number of thiazole rings is 1. The number of carbonyl (C=O) groups excluding carboxylic acids is 1. The van der Waals surface area contributed by atoms with Crippen molar-refractivity contribution >= 4 is 28.6 Å².